The Labute approximate surface area is 133 Å². The second-order valence-corrected chi connectivity index (χ2v) is 7.13. The van der Waals surface area contributed by atoms with Crippen molar-refractivity contribution < 1.29 is 4.79 Å². The molecule has 1 aromatic heterocycles. The van der Waals surface area contributed by atoms with E-state index in [1.165, 1.54) is 11.3 Å². The second-order valence-electron chi connectivity index (χ2n) is 5.49. The highest BCUT2D eigenvalue weighted by atomic mass is 35.5. The number of thiazole rings is 1. The lowest BCUT2D eigenvalue weighted by Gasteiger charge is -2.18. The molecule has 2 aromatic rings. The van der Waals surface area contributed by atoms with Gasteiger partial charge in [0.05, 0.1) is 16.7 Å². The van der Waals surface area contributed by atoms with Crippen LogP contribution in [-0.4, -0.2) is 10.9 Å². The maximum absolute atomic E-state index is 12.5. The third-order valence-electron chi connectivity index (χ3n) is 3.72. The standard InChI is InChI=1S/C16H17ClN2OS/c1-9-15(21-10(2)18-9)16(20)19-14(11-3-4-11)12-5-7-13(17)8-6-12/h5-8,11,14H,3-4H2,1-2H3,(H,19,20). The lowest BCUT2D eigenvalue weighted by molar-refractivity contribution is 0.0935. The molecule has 0 bridgehead atoms. The van der Waals surface area contributed by atoms with Crippen LogP contribution in [0.5, 0.6) is 0 Å². The highest BCUT2D eigenvalue weighted by molar-refractivity contribution is 7.13. The van der Waals surface area contributed by atoms with Gasteiger partial charge in [0.1, 0.15) is 4.88 Å². The van der Waals surface area contributed by atoms with Gasteiger partial charge < -0.3 is 5.32 Å². The fraction of sp³-hybridized carbons (Fsp3) is 0.375. The van der Waals surface area contributed by atoms with Crippen LogP contribution >= 0.6 is 22.9 Å². The van der Waals surface area contributed by atoms with Gasteiger partial charge in [-0.3, -0.25) is 4.79 Å². The van der Waals surface area contributed by atoms with Gasteiger partial charge in [-0.1, -0.05) is 23.7 Å². The third-order valence-corrected chi connectivity index (χ3v) is 5.04. The molecule has 0 saturated heterocycles. The molecule has 1 unspecified atom stereocenters. The van der Waals surface area contributed by atoms with E-state index in [1.54, 1.807) is 0 Å². The third kappa shape index (κ3) is 3.27. The predicted octanol–water partition coefficient (Wildman–Crippen LogP) is 4.29. The molecule has 1 N–H and O–H groups in total. The number of hydrogen-bond donors (Lipinski definition) is 1. The maximum atomic E-state index is 12.5. The number of nitrogens with zero attached hydrogens (tertiary/aromatic N) is 1. The summed E-state index contributed by atoms with van der Waals surface area (Å²) in [7, 11) is 0. The van der Waals surface area contributed by atoms with Crippen molar-refractivity contribution in [1.29, 1.82) is 0 Å². The van der Waals surface area contributed by atoms with Crippen LogP contribution in [0.2, 0.25) is 5.02 Å². The minimum absolute atomic E-state index is 0.0232. The van der Waals surface area contributed by atoms with Gasteiger partial charge in [0, 0.05) is 5.02 Å². The van der Waals surface area contributed by atoms with Gasteiger partial charge in [0.15, 0.2) is 0 Å². The van der Waals surface area contributed by atoms with Crippen LogP contribution in [0, 0.1) is 19.8 Å². The Morgan fingerprint density at radius 3 is 2.52 bits per heavy atom. The largest absolute Gasteiger partial charge is 0.344 e. The Kier molecular flexibility index (Phi) is 4.00. The van der Waals surface area contributed by atoms with E-state index in [9.17, 15) is 4.79 Å². The van der Waals surface area contributed by atoms with Crippen LogP contribution in [0.4, 0.5) is 0 Å². The number of carbonyl (C=O) groups is 1. The van der Waals surface area contributed by atoms with Crippen LogP contribution in [-0.2, 0) is 0 Å². The minimum atomic E-state index is -0.0232. The molecule has 3 nitrogen and oxygen atoms in total. The molecular formula is C16H17ClN2OS. The first-order chi connectivity index (χ1) is 10.0. The molecule has 21 heavy (non-hydrogen) atoms. The smallest absolute Gasteiger partial charge is 0.263 e. The SMILES string of the molecule is Cc1nc(C)c(C(=O)NC(c2ccc(Cl)cc2)C2CC2)s1. The normalized spacial score (nSPS) is 15.8. The van der Waals surface area contributed by atoms with E-state index in [0.29, 0.717) is 15.8 Å². The molecule has 3 rings (SSSR count). The highest BCUT2D eigenvalue weighted by Crippen LogP contribution is 2.41. The summed E-state index contributed by atoms with van der Waals surface area (Å²) < 4.78 is 0. The molecule has 1 aromatic carbocycles. The average molecular weight is 321 g/mol. The number of rotatable bonds is 4. The number of benzene rings is 1. The molecule has 1 amide bonds. The monoisotopic (exact) mass is 320 g/mol. The quantitative estimate of drug-likeness (QED) is 0.912. The molecule has 1 saturated carbocycles. The Morgan fingerprint density at radius 1 is 1.33 bits per heavy atom. The molecule has 1 atom stereocenters. The number of halogens is 1. The summed E-state index contributed by atoms with van der Waals surface area (Å²) in [5.41, 5.74) is 1.93. The van der Waals surface area contributed by atoms with E-state index in [1.807, 2.05) is 38.1 Å². The van der Waals surface area contributed by atoms with Crippen molar-refractivity contribution in [3.63, 3.8) is 0 Å². The van der Waals surface area contributed by atoms with Crippen molar-refractivity contribution in [3.05, 3.63) is 50.4 Å². The van der Waals surface area contributed by atoms with E-state index in [0.717, 1.165) is 29.1 Å². The van der Waals surface area contributed by atoms with Gasteiger partial charge in [0.25, 0.3) is 5.91 Å². The fourth-order valence-electron chi connectivity index (χ4n) is 2.52. The molecule has 0 radical (unpaired) electrons. The van der Waals surface area contributed by atoms with Crippen LogP contribution in [0.1, 0.15) is 44.8 Å². The molecule has 1 heterocycles. The van der Waals surface area contributed by atoms with Gasteiger partial charge in [-0.2, -0.15) is 0 Å². The summed E-state index contributed by atoms with van der Waals surface area (Å²) in [6, 6.07) is 7.81. The van der Waals surface area contributed by atoms with E-state index >= 15 is 0 Å². The number of nitrogens with one attached hydrogen (secondary N) is 1. The molecule has 1 fully saturated rings. The minimum Gasteiger partial charge on any atom is -0.344 e. The molecule has 5 heteroatoms. The topological polar surface area (TPSA) is 42.0 Å². The van der Waals surface area contributed by atoms with Gasteiger partial charge >= 0.3 is 0 Å². The summed E-state index contributed by atoms with van der Waals surface area (Å²) in [5.74, 6) is 0.509. The van der Waals surface area contributed by atoms with Crippen LogP contribution < -0.4 is 5.32 Å². The van der Waals surface area contributed by atoms with Crippen molar-refractivity contribution in [2.75, 3.05) is 0 Å². The number of aromatic nitrogens is 1. The summed E-state index contributed by atoms with van der Waals surface area (Å²) in [6.07, 6.45) is 2.32. The predicted molar refractivity (Wildman–Crippen MR) is 86.0 cm³/mol. The summed E-state index contributed by atoms with van der Waals surface area (Å²) >= 11 is 7.39. The lowest BCUT2D eigenvalue weighted by Crippen LogP contribution is -2.29. The van der Waals surface area contributed by atoms with Crippen molar-refractivity contribution in [2.24, 2.45) is 5.92 Å². The second kappa shape index (κ2) is 5.78. The van der Waals surface area contributed by atoms with Gasteiger partial charge in [-0.05, 0) is 50.3 Å². The van der Waals surface area contributed by atoms with Crippen LogP contribution in [0.3, 0.4) is 0 Å². The molecule has 1 aliphatic carbocycles. The summed E-state index contributed by atoms with van der Waals surface area (Å²) in [6.45, 7) is 3.80. The van der Waals surface area contributed by atoms with Gasteiger partial charge in [-0.15, -0.1) is 11.3 Å². The first-order valence-corrected chi connectivity index (χ1v) is 8.24. The van der Waals surface area contributed by atoms with E-state index in [4.69, 9.17) is 11.6 Å². The Bertz CT molecular complexity index is 661. The average Bonchev–Trinajstić information content (AvgIpc) is 3.22. The number of aryl methyl sites for hydroxylation is 2. The molecule has 0 aliphatic heterocycles. The zero-order valence-electron chi connectivity index (χ0n) is 12.0. The zero-order chi connectivity index (χ0) is 15.0. The van der Waals surface area contributed by atoms with E-state index in [2.05, 4.69) is 10.3 Å². The van der Waals surface area contributed by atoms with Crippen LogP contribution in [0.25, 0.3) is 0 Å². The molecule has 1 aliphatic rings. The van der Waals surface area contributed by atoms with Gasteiger partial charge in [-0.25, -0.2) is 4.98 Å². The lowest BCUT2D eigenvalue weighted by atomic mass is 10.0. The van der Waals surface area contributed by atoms with Gasteiger partial charge in [0.2, 0.25) is 0 Å². The van der Waals surface area contributed by atoms with Crippen LogP contribution in [0.15, 0.2) is 24.3 Å². The van der Waals surface area contributed by atoms with E-state index < -0.39 is 0 Å². The first kappa shape index (κ1) is 14.5. The highest BCUT2D eigenvalue weighted by Gasteiger charge is 2.34. The van der Waals surface area contributed by atoms with Crippen molar-refractivity contribution >= 4 is 28.8 Å². The Morgan fingerprint density at radius 2 is 2.00 bits per heavy atom. The Balaban J connectivity index is 1.81. The zero-order valence-corrected chi connectivity index (χ0v) is 13.6. The summed E-state index contributed by atoms with van der Waals surface area (Å²) in [5, 5.41) is 4.81. The molecule has 110 valence electrons. The fourth-order valence-corrected chi connectivity index (χ4v) is 3.47. The number of carbonyl (C=O) groups excluding carboxylic acids is 1. The van der Waals surface area contributed by atoms with Crippen molar-refractivity contribution in [1.82, 2.24) is 10.3 Å². The number of hydrogen-bond acceptors (Lipinski definition) is 3. The van der Waals surface area contributed by atoms with Crippen molar-refractivity contribution in [3.8, 4) is 0 Å². The first-order valence-electron chi connectivity index (χ1n) is 7.05. The Hall–Kier alpha value is -1.39. The summed E-state index contributed by atoms with van der Waals surface area (Å²) in [4.78, 5) is 17.5. The number of amides is 1. The molecule has 0 spiro atoms. The maximum Gasteiger partial charge on any atom is 0.263 e. The van der Waals surface area contributed by atoms with Crippen molar-refractivity contribution in [2.45, 2.75) is 32.7 Å². The van der Waals surface area contributed by atoms with E-state index in [-0.39, 0.29) is 11.9 Å². The molecular weight excluding hydrogens is 304 g/mol.